The van der Waals surface area contributed by atoms with Gasteiger partial charge in [0.2, 0.25) is 11.8 Å². The van der Waals surface area contributed by atoms with Crippen molar-refractivity contribution in [2.75, 3.05) is 13.2 Å². The lowest BCUT2D eigenvalue weighted by Gasteiger charge is -2.15. The van der Waals surface area contributed by atoms with Crippen LogP contribution in [0.25, 0.3) is 0 Å². The number of hydrogen-bond donors (Lipinski definition) is 4. The molecule has 2 rings (SSSR count). The second kappa shape index (κ2) is 11.9. The summed E-state index contributed by atoms with van der Waals surface area (Å²) in [6, 6.07) is 5.67. The maximum atomic E-state index is 12.5. The van der Waals surface area contributed by atoms with Crippen LogP contribution >= 0.6 is 23.2 Å². The standard InChI is InChI=1S/C19H23Cl2N7O3/c20-12-4-3-11(13(21)8-12)5-7-31-16-9-15(26-10-27-16)18(30)28-14(17(22)29)2-1-6-25-19(23)24/h3-4,8-10,14H,1-2,5-7H2,(H2,22,29)(H,28,30)(H4,23,24,25)/t14-/m0/s1. The van der Waals surface area contributed by atoms with Crippen LogP contribution in [-0.2, 0) is 11.2 Å². The number of benzene rings is 1. The number of nitrogens with one attached hydrogen (secondary N) is 1. The Labute approximate surface area is 189 Å². The molecule has 0 aliphatic carbocycles. The number of carbonyl (C=O) groups excluding carboxylic acids is 2. The molecule has 7 N–H and O–H groups in total. The van der Waals surface area contributed by atoms with Gasteiger partial charge >= 0.3 is 0 Å². The van der Waals surface area contributed by atoms with E-state index < -0.39 is 17.9 Å². The predicted molar refractivity (Wildman–Crippen MR) is 118 cm³/mol. The number of nitrogens with two attached hydrogens (primary N) is 3. The molecule has 31 heavy (non-hydrogen) atoms. The molecular formula is C19H23Cl2N7O3. The summed E-state index contributed by atoms with van der Waals surface area (Å²) in [5, 5.41) is 3.63. The molecule has 0 spiro atoms. The molecule has 0 saturated carbocycles. The second-order valence-electron chi connectivity index (χ2n) is 6.45. The quantitative estimate of drug-likeness (QED) is 0.217. The number of guanidine groups is 1. The minimum absolute atomic E-state index is 0.0324. The Morgan fingerprint density at radius 3 is 2.61 bits per heavy atom. The summed E-state index contributed by atoms with van der Waals surface area (Å²) in [5.74, 6) is -1.11. The molecule has 1 aromatic carbocycles. The number of carbonyl (C=O) groups is 2. The third kappa shape index (κ3) is 8.27. The average Bonchev–Trinajstić information content (AvgIpc) is 2.71. The topological polar surface area (TPSA) is 172 Å². The Hall–Kier alpha value is -3.11. The first-order chi connectivity index (χ1) is 14.8. The van der Waals surface area contributed by atoms with E-state index in [2.05, 4.69) is 20.3 Å². The molecular weight excluding hydrogens is 445 g/mol. The molecule has 1 atom stereocenters. The Bertz CT molecular complexity index is 952. The van der Waals surface area contributed by atoms with Crippen LogP contribution in [0.4, 0.5) is 0 Å². The number of amides is 2. The number of hydrogen-bond acceptors (Lipinski definition) is 6. The first-order valence-corrected chi connectivity index (χ1v) is 10.1. The van der Waals surface area contributed by atoms with E-state index >= 15 is 0 Å². The van der Waals surface area contributed by atoms with Gasteiger partial charge in [-0.2, -0.15) is 0 Å². The van der Waals surface area contributed by atoms with Crippen molar-refractivity contribution in [2.24, 2.45) is 22.2 Å². The fourth-order valence-corrected chi connectivity index (χ4v) is 3.06. The Morgan fingerprint density at radius 1 is 1.16 bits per heavy atom. The van der Waals surface area contributed by atoms with Crippen molar-refractivity contribution in [1.29, 1.82) is 0 Å². The smallest absolute Gasteiger partial charge is 0.270 e. The largest absolute Gasteiger partial charge is 0.477 e. The minimum atomic E-state index is -0.895. The number of aromatic nitrogens is 2. The number of rotatable bonds is 11. The normalized spacial score (nSPS) is 11.4. The third-order valence-corrected chi connectivity index (χ3v) is 4.69. The fourth-order valence-electron chi connectivity index (χ4n) is 2.55. The van der Waals surface area contributed by atoms with Crippen LogP contribution in [0, 0.1) is 0 Å². The zero-order valence-corrected chi connectivity index (χ0v) is 18.1. The second-order valence-corrected chi connectivity index (χ2v) is 7.30. The van der Waals surface area contributed by atoms with Gasteiger partial charge in [0.25, 0.3) is 5.91 Å². The summed E-state index contributed by atoms with van der Waals surface area (Å²) >= 11 is 12.0. The highest BCUT2D eigenvalue weighted by molar-refractivity contribution is 6.35. The summed E-state index contributed by atoms with van der Waals surface area (Å²) in [5.41, 5.74) is 16.8. The van der Waals surface area contributed by atoms with Crippen LogP contribution in [-0.4, -0.2) is 46.9 Å². The van der Waals surface area contributed by atoms with Gasteiger partial charge in [0, 0.05) is 29.1 Å². The van der Waals surface area contributed by atoms with Crippen LogP contribution in [0.3, 0.4) is 0 Å². The summed E-state index contributed by atoms with van der Waals surface area (Å²) in [4.78, 5) is 35.8. The molecule has 2 amide bonds. The van der Waals surface area contributed by atoms with E-state index in [1.54, 1.807) is 12.1 Å². The lowest BCUT2D eigenvalue weighted by atomic mass is 10.1. The maximum absolute atomic E-state index is 12.5. The van der Waals surface area contributed by atoms with Crippen LogP contribution in [0.15, 0.2) is 35.6 Å². The number of ether oxygens (including phenoxy) is 1. The molecule has 166 valence electrons. The van der Waals surface area contributed by atoms with E-state index in [0.29, 0.717) is 29.4 Å². The highest BCUT2D eigenvalue weighted by Crippen LogP contribution is 2.21. The summed E-state index contributed by atoms with van der Waals surface area (Å²) in [6.45, 7) is 0.583. The van der Waals surface area contributed by atoms with Gasteiger partial charge in [-0.3, -0.25) is 14.6 Å². The van der Waals surface area contributed by atoms with Crippen molar-refractivity contribution in [2.45, 2.75) is 25.3 Å². The molecule has 0 fully saturated rings. The van der Waals surface area contributed by atoms with Crippen LogP contribution in [0.2, 0.25) is 10.0 Å². The fraction of sp³-hybridized carbons (Fsp3) is 0.316. The molecule has 2 aromatic rings. The van der Waals surface area contributed by atoms with Gasteiger partial charge in [0.1, 0.15) is 18.1 Å². The molecule has 0 radical (unpaired) electrons. The molecule has 1 heterocycles. The summed E-state index contributed by atoms with van der Waals surface area (Å²) in [6.07, 6.45) is 2.43. The lowest BCUT2D eigenvalue weighted by Crippen LogP contribution is -2.44. The molecule has 0 saturated heterocycles. The van der Waals surface area contributed by atoms with Crippen molar-refractivity contribution in [3.8, 4) is 5.88 Å². The van der Waals surface area contributed by atoms with Crippen LogP contribution in [0.5, 0.6) is 5.88 Å². The van der Waals surface area contributed by atoms with Gasteiger partial charge in [0.15, 0.2) is 5.96 Å². The number of nitrogens with zero attached hydrogens (tertiary/aromatic N) is 3. The lowest BCUT2D eigenvalue weighted by molar-refractivity contribution is -0.120. The van der Waals surface area contributed by atoms with E-state index in [-0.39, 0.29) is 30.6 Å². The maximum Gasteiger partial charge on any atom is 0.270 e. The monoisotopic (exact) mass is 467 g/mol. The van der Waals surface area contributed by atoms with Crippen molar-refractivity contribution >= 4 is 41.0 Å². The summed E-state index contributed by atoms with van der Waals surface area (Å²) in [7, 11) is 0. The SMILES string of the molecule is NC(=O)[C@H](CCCN=C(N)N)NC(=O)c1cc(OCCc2ccc(Cl)cc2Cl)ncn1. The Balaban J connectivity index is 1.92. The summed E-state index contributed by atoms with van der Waals surface area (Å²) < 4.78 is 5.59. The number of primary amides is 1. The van der Waals surface area contributed by atoms with E-state index in [9.17, 15) is 9.59 Å². The van der Waals surface area contributed by atoms with Gasteiger partial charge in [-0.05, 0) is 30.5 Å². The Morgan fingerprint density at radius 2 is 1.94 bits per heavy atom. The first kappa shape index (κ1) is 24.2. The molecule has 0 unspecified atom stereocenters. The van der Waals surface area contributed by atoms with E-state index in [4.69, 9.17) is 45.1 Å². The van der Waals surface area contributed by atoms with Crippen molar-refractivity contribution in [3.05, 3.63) is 51.9 Å². The van der Waals surface area contributed by atoms with Crippen molar-refractivity contribution in [3.63, 3.8) is 0 Å². The molecule has 10 nitrogen and oxygen atoms in total. The van der Waals surface area contributed by atoms with Gasteiger partial charge < -0.3 is 27.3 Å². The van der Waals surface area contributed by atoms with Gasteiger partial charge in [-0.1, -0.05) is 29.3 Å². The van der Waals surface area contributed by atoms with Crippen molar-refractivity contribution < 1.29 is 14.3 Å². The molecule has 1 aromatic heterocycles. The highest BCUT2D eigenvalue weighted by atomic mass is 35.5. The molecule has 0 aliphatic heterocycles. The van der Waals surface area contributed by atoms with Gasteiger partial charge in [-0.15, -0.1) is 0 Å². The van der Waals surface area contributed by atoms with E-state index in [0.717, 1.165) is 5.56 Å². The highest BCUT2D eigenvalue weighted by Gasteiger charge is 2.20. The molecule has 0 aliphatic rings. The first-order valence-electron chi connectivity index (χ1n) is 9.30. The molecule has 0 bridgehead atoms. The van der Waals surface area contributed by atoms with Gasteiger partial charge in [-0.25, -0.2) is 9.97 Å². The minimum Gasteiger partial charge on any atom is -0.477 e. The zero-order chi connectivity index (χ0) is 22.8. The van der Waals surface area contributed by atoms with Crippen molar-refractivity contribution in [1.82, 2.24) is 15.3 Å². The predicted octanol–water partition coefficient (Wildman–Crippen LogP) is 1.04. The third-order valence-electron chi connectivity index (χ3n) is 4.11. The van der Waals surface area contributed by atoms with Gasteiger partial charge in [0.05, 0.1) is 6.61 Å². The number of halogens is 2. The Kier molecular flexibility index (Phi) is 9.29. The van der Waals surface area contributed by atoms with Crippen LogP contribution in [0.1, 0.15) is 28.9 Å². The average molecular weight is 468 g/mol. The molecule has 12 heteroatoms. The zero-order valence-electron chi connectivity index (χ0n) is 16.6. The number of aliphatic imine (C=N–C) groups is 1. The van der Waals surface area contributed by atoms with E-state index in [1.807, 2.05) is 6.07 Å². The van der Waals surface area contributed by atoms with E-state index in [1.165, 1.54) is 12.4 Å². The van der Waals surface area contributed by atoms with Crippen LogP contribution < -0.4 is 27.3 Å².